The minimum Gasteiger partial charge on any atom is -0.314 e. The monoisotopic (exact) mass is 272 g/mol. The Labute approximate surface area is 108 Å². The van der Waals surface area contributed by atoms with Crippen molar-refractivity contribution < 1.29 is 8.42 Å². The second-order valence-electron chi connectivity index (χ2n) is 4.94. The molecule has 0 bridgehead atoms. The van der Waals surface area contributed by atoms with Crippen LogP contribution in [0.1, 0.15) is 13.8 Å². The fourth-order valence-corrected chi connectivity index (χ4v) is 1.73. The summed E-state index contributed by atoms with van der Waals surface area (Å²) >= 11 is 0. The molecule has 0 amide bonds. The molecule has 0 unspecified atom stereocenters. The van der Waals surface area contributed by atoms with E-state index in [0.717, 1.165) is 0 Å². The quantitative estimate of drug-likeness (QED) is 0.754. The first kappa shape index (κ1) is 14.9. The molecular formula is C12H20N2O3S. The Morgan fingerprint density at radius 1 is 1.33 bits per heavy atom. The average molecular weight is 272 g/mol. The van der Waals surface area contributed by atoms with E-state index in [-0.39, 0.29) is 5.56 Å². The van der Waals surface area contributed by atoms with Gasteiger partial charge in [-0.25, -0.2) is 8.42 Å². The largest absolute Gasteiger partial charge is 0.314 e. The van der Waals surface area contributed by atoms with Crippen LogP contribution < -0.4 is 10.9 Å². The van der Waals surface area contributed by atoms with Crippen LogP contribution in [0, 0.1) is 0 Å². The molecule has 6 heteroatoms. The molecular weight excluding hydrogens is 252 g/mol. The third-order valence-electron chi connectivity index (χ3n) is 2.98. The van der Waals surface area contributed by atoms with Crippen molar-refractivity contribution in [2.45, 2.75) is 25.1 Å². The molecule has 0 aromatic carbocycles. The van der Waals surface area contributed by atoms with E-state index in [1.165, 1.54) is 12.3 Å². The molecule has 1 aromatic rings. The molecule has 1 N–H and O–H groups in total. The first-order valence-corrected chi connectivity index (χ1v) is 7.69. The highest BCUT2D eigenvalue weighted by molar-refractivity contribution is 7.92. The van der Waals surface area contributed by atoms with Crippen LogP contribution in [-0.2, 0) is 16.4 Å². The van der Waals surface area contributed by atoms with Crippen molar-refractivity contribution in [3.63, 3.8) is 0 Å². The molecule has 0 radical (unpaired) electrons. The van der Waals surface area contributed by atoms with Crippen LogP contribution in [0.3, 0.4) is 0 Å². The third-order valence-corrected chi connectivity index (χ3v) is 5.13. The molecule has 1 heterocycles. The van der Waals surface area contributed by atoms with Gasteiger partial charge < -0.3 is 9.88 Å². The van der Waals surface area contributed by atoms with Crippen molar-refractivity contribution in [1.29, 1.82) is 0 Å². The molecule has 18 heavy (non-hydrogen) atoms. The average Bonchev–Trinajstić information content (AvgIpc) is 2.25. The molecule has 1 rings (SSSR count). The van der Waals surface area contributed by atoms with Crippen molar-refractivity contribution in [2.75, 3.05) is 19.3 Å². The molecule has 0 aliphatic heterocycles. The summed E-state index contributed by atoms with van der Waals surface area (Å²) in [6, 6.07) is 4.99. The maximum Gasteiger partial charge on any atom is 0.250 e. The Bertz CT molecular complexity index is 546. The van der Waals surface area contributed by atoms with Gasteiger partial charge in [0.15, 0.2) is 9.84 Å². The number of hydrogen-bond acceptors (Lipinski definition) is 4. The normalized spacial score (nSPS) is 12.6. The summed E-state index contributed by atoms with van der Waals surface area (Å²) < 4.78 is 23.7. The Balaban J connectivity index is 2.45. The van der Waals surface area contributed by atoms with Gasteiger partial charge in [-0.05, 0) is 19.9 Å². The standard InChI is InChI=1S/C12H20N2O3S/c1-12(2,18(3,16)17)10-13-7-9-14-8-5-4-6-11(14)15/h4-6,8,13H,7,9-10H2,1-3H3. The molecule has 0 aliphatic rings. The van der Waals surface area contributed by atoms with Gasteiger partial charge in [0.25, 0.3) is 5.56 Å². The van der Waals surface area contributed by atoms with Crippen molar-refractivity contribution in [3.8, 4) is 0 Å². The first-order chi connectivity index (χ1) is 8.24. The van der Waals surface area contributed by atoms with E-state index in [2.05, 4.69) is 5.32 Å². The second-order valence-corrected chi connectivity index (χ2v) is 7.59. The number of aromatic nitrogens is 1. The SMILES string of the molecule is CC(C)(CNCCn1ccccc1=O)S(C)(=O)=O. The number of sulfone groups is 1. The molecule has 0 saturated heterocycles. The van der Waals surface area contributed by atoms with Crippen LogP contribution in [0.2, 0.25) is 0 Å². The highest BCUT2D eigenvalue weighted by Crippen LogP contribution is 2.12. The van der Waals surface area contributed by atoms with E-state index in [1.807, 2.05) is 0 Å². The zero-order valence-corrected chi connectivity index (χ0v) is 11.8. The van der Waals surface area contributed by atoms with Crippen molar-refractivity contribution >= 4 is 9.84 Å². The lowest BCUT2D eigenvalue weighted by Crippen LogP contribution is -2.42. The second kappa shape index (κ2) is 5.67. The summed E-state index contributed by atoms with van der Waals surface area (Å²) in [5, 5.41) is 3.07. The van der Waals surface area contributed by atoms with E-state index in [4.69, 9.17) is 0 Å². The Hall–Kier alpha value is -1.14. The van der Waals surface area contributed by atoms with E-state index in [1.54, 1.807) is 36.7 Å². The molecule has 0 aliphatic carbocycles. The van der Waals surface area contributed by atoms with Gasteiger partial charge in [0.05, 0.1) is 4.75 Å². The fraction of sp³-hybridized carbons (Fsp3) is 0.583. The van der Waals surface area contributed by atoms with Crippen LogP contribution in [0.4, 0.5) is 0 Å². The van der Waals surface area contributed by atoms with Gasteiger partial charge >= 0.3 is 0 Å². The fourth-order valence-electron chi connectivity index (χ4n) is 1.37. The summed E-state index contributed by atoms with van der Waals surface area (Å²) in [5.74, 6) is 0. The topological polar surface area (TPSA) is 68.2 Å². The zero-order chi connectivity index (χ0) is 13.8. The molecule has 0 saturated carbocycles. The van der Waals surface area contributed by atoms with Gasteiger partial charge in [-0.15, -0.1) is 0 Å². The van der Waals surface area contributed by atoms with Gasteiger partial charge in [0, 0.05) is 38.2 Å². The van der Waals surface area contributed by atoms with E-state index in [0.29, 0.717) is 19.6 Å². The number of nitrogens with zero attached hydrogens (tertiary/aromatic N) is 1. The lowest BCUT2D eigenvalue weighted by Gasteiger charge is -2.22. The molecule has 0 fully saturated rings. The van der Waals surface area contributed by atoms with Crippen LogP contribution in [0.15, 0.2) is 29.2 Å². The van der Waals surface area contributed by atoms with Gasteiger partial charge in [-0.2, -0.15) is 0 Å². The first-order valence-electron chi connectivity index (χ1n) is 5.80. The Kier molecular flexibility index (Phi) is 4.70. The number of pyridine rings is 1. The summed E-state index contributed by atoms with van der Waals surface area (Å²) in [4.78, 5) is 11.4. The Morgan fingerprint density at radius 2 is 2.00 bits per heavy atom. The number of nitrogens with one attached hydrogen (secondary N) is 1. The van der Waals surface area contributed by atoms with E-state index < -0.39 is 14.6 Å². The molecule has 102 valence electrons. The predicted molar refractivity (Wildman–Crippen MR) is 72.5 cm³/mol. The maximum atomic E-state index is 11.5. The van der Waals surface area contributed by atoms with Crippen molar-refractivity contribution in [3.05, 3.63) is 34.7 Å². The predicted octanol–water partition coefficient (Wildman–Crippen LogP) is 0.261. The summed E-state index contributed by atoms with van der Waals surface area (Å²) in [5.41, 5.74) is -0.0540. The number of hydrogen-bond donors (Lipinski definition) is 1. The van der Waals surface area contributed by atoms with Crippen LogP contribution in [-0.4, -0.2) is 37.1 Å². The Morgan fingerprint density at radius 3 is 2.56 bits per heavy atom. The highest BCUT2D eigenvalue weighted by atomic mass is 32.2. The van der Waals surface area contributed by atoms with E-state index in [9.17, 15) is 13.2 Å². The molecule has 5 nitrogen and oxygen atoms in total. The zero-order valence-electron chi connectivity index (χ0n) is 11.0. The lowest BCUT2D eigenvalue weighted by atomic mass is 10.2. The van der Waals surface area contributed by atoms with Gasteiger partial charge in [-0.3, -0.25) is 4.79 Å². The lowest BCUT2D eigenvalue weighted by molar-refractivity contribution is 0.506. The summed E-state index contributed by atoms with van der Waals surface area (Å²) in [7, 11) is -3.09. The molecule has 1 aromatic heterocycles. The van der Waals surface area contributed by atoms with Gasteiger partial charge in [-0.1, -0.05) is 6.07 Å². The minimum absolute atomic E-state index is 0.0540. The van der Waals surface area contributed by atoms with Gasteiger partial charge in [0.2, 0.25) is 0 Å². The molecule has 0 atom stereocenters. The summed E-state index contributed by atoms with van der Waals surface area (Å²) in [6.45, 7) is 4.82. The van der Waals surface area contributed by atoms with Crippen LogP contribution in [0.25, 0.3) is 0 Å². The summed E-state index contributed by atoms with van der Waals surface area (Å²) in [6.07, 6.45) is 2.95. The minimum atomic E-state index is -3.09. The van der Waals surface area contributed by atoms with Crippen LogP contribution in [0.5, 0.6) is 0 Å². The maximum absolute atomic E-state index is 11.5. The van der Waals surface area contributed by atoms with Crippen LogP contribution >= 0.6 is 0 Å². The van der Waals surface area contributed by atoms with Crippen molar-refractivity contribution in [1.82, 2.24) is 9.88 Å². The number of rotatable bonds is 6. The van der Waals surface area contributed by atoms with E-state index >= 15 is 0 Å². The van der Waals surface area contributed by atoms with Crippen molar-refractivity contribution in [2.24, 2.45) is 0 Å². The smallest absolute Gasteiger partial charge is 0.250 e. The third kappa shape index (κ3) is 3.96. The highest BCUT2D eigenvalue weighted by Gasteiger charge is 2.29. The van der Waals surface area contributed by atoms with Gasteiger partial charge in [0.1, 0.15) is 0 Å². The molecule has 0 spiro atoms.